The van der Waals surface area contributed by atoms with Gasteiger partial charge in [0, 0.05) is 18.7 Å². The van der Waals surface area contributed by atoms with Gasteiger partial charge in [0.15, 0.2) is 5.96 Å². The number of hydrogen-bond acceptors (Lipinski definition) is 3. The largest absolute Gasteiger partial charge is 0.474 e. The Labute approximate surface area is 153 Å². The van der Waals surface area contributed by atoms with Crippen molar-refractivity contribution in [3.05, 3.63) is 60.2 Å². The van der Waals surface area contributed by atoms with Gasteiger partial charge >= 0.3 is 0 Å². The van der Waals surface area contributed by atoms with E-state index in [1.807, 2.05) is 59.5 Å². The molecule has 1 atom stereocenters. The fourth-order valence-electron chi connectivity index (χ4n) is 3.08. The number of fused-ring (bicyclic) bond motifs is 1. The summed E-state index contributed by atoms with van der Waals surface area (Å²) in [6.07, 6.45) is 2.12. The summed E-state index contributed by atoms with van der Waals surface area (Å²) < 4.78 is 5.99. The second kappa shape index (κ2) is 8.38. The lowest BCUT2D eigenvalue weighted by atomic mass is 10.0. The molecule has 2 aromatic carbocycles. The van der Waals surface area contributed by atoms with Crippen molar-refractivity contribution in [1.82, 2.24) is 5.32 Å². The number of amides is 1. The third-order valence-corrected chi connectivity index (χ3v) is 4.37. The summed E-state index contributed by atoms with van der Waals surface area (Å²) in [6, 6.07) is 17.3. The third-order valence-electron chi connectivity index (χ3n) is 4.37. The third kappa shape index (κ3) is 4.14. The molecule has 0 saturated heterocycles. The molecule has 2 aromatic rings. The predicted molar refractivity (Wildman–Crippen MR) is 102 cm³/mol. The van der Waals surface area contributed by atoms with Crippen LogP contribution in [0.25, 0.3) is 0 Å². The standard InChI is InChI=1S/C20H24N4O2/c21-20(22)23-13-7-2-8-14-24-16-11-5-6-12-17(16)26-18(19(24)25)15-9-3-1-4-10-15/h1,3-6,9-12,18H,2,7-8,13-14H2,(H4,21,22,23). The molecule has 136 valence electrons. The molecule has 4 N–H and O–H groups in total. The van der Waals surface area contributed by atoms with Crippen molar-refractivity contribution in [2.24, 2.45) is 5.73 Å². The van der Waals surface area contributed by atoms with Crippen LogP contribution in [-0.2, 0) is 4.79 Å². The number of nitrogens with two attached hydrogens (primary N) is 1. The maximum Gasteiger partial charge on any atom is 0.272 e. The zero-order chi connectivity index (χ0) is 18.4. The molecule has 0 spiro atoms. The molecular weight excluding hydrogens is 328 g/mol. The highest BCUT2D eigenvalue weighted by atomic mass is 16.5. The minimum absolute atomic E-state index is 0.00649. The fourth-order valence-corrected chi connectivity index (χ4v) is 3.08. The van der Waals surface area contributed by atoms with Crippen molar-refractivity contribution in [3.63, 3.8) is 0 Å². The smallest absolute Gasteiger partial charge is 0.272 e. The van der Waals surface area contributed by atoms with E-state index < -0.39 is 6.10 Å². The van der Waals surface area contributed by atoms with Crippen LogP contribution in [0.1, 0.15) is 30.9 Å². The lowest BCUT2D eigenvalue weighted by Crippen LogP contribution is -2.41. The van der Waals surface area contributed by atoms with E-state index >= 15 is 0 Å². The summed E-state index contributed by atoms with van der Waals surface area (Å²) in [4.78, 5) is 14.9. The predicted octanol–water partition coefficient (Wildman–Crippen LogP) is 2.81. The first-order valence-electron chi connectivity index (χ1n) is 8.87. The van der Waals surface area contributed by atoms with Gasteiger partial charge in [-0.15, -0.1) is 0 Å². The summed E-state index contributed by atoms with van der Waals surface area (Å²) in [5.74, 6) is 0.698. The first-order chi connectivity index (χ1) is 12.7. The molecule has 26 heavy (non-hydrogen) atoms. The Hall–Kier alpha value is -3.02. The SMILES string of the molecule is N=C(N)NCCCCCN1C(=O)C(c2ccccc2)Oc2ccccc21. The van der Waals surface area contributed by atoms with Gasteiger partial charge in [0.2, 0.25) is 6.10 Å². The maximum atomic E-state index is 13.0. The van der Waals surface area contributed by atoms with Gasteiger partial charge in [-0.1, -0.05) is 42.5 Å². The van der Waals surface area contributed by atoms with E-state index in [2.05, 4.69) is 5.32 Å². The van der Waals surface area contributed by atoms with E-state index in [1.165, 1.54) is 0 Å². The highest BCUT2D eigenvalue weighted by Crippen LogP contribution is 2.38. The van der Waals surface area contributed by atoms with Crippen molar-refractivity contribution in [1.29, 1.82) is 5.41 Å². The van der Waals surface area contributed by atoms with Crippen LogP contribution in [0.3, 0.4) is 0 Å². The first kappa shape index (κ1) is 17.8. The Morgan fingerprint density at radius 2 is 1.81 bits per heavy atom. The maximum absolute atomic E-state index is 13.0. The van der Waals surface area contributed by atoms with Crippen molar-refractivity contribution in [2.45, 2.75) is 25.4 Å². The monoisotopic (exact) mass is 352 g/mol. The van der Waals surface area contributed by atoms with Crippen LogP contribution in [0.4, 0.5) is 5.69 Å². The lowest BCUT2D eigenvalue weighted by molar-refractivity contribution is -0.126. The molecule has 0 saturated carbocycles. The van der Waals surface area contributed by atoms with Crippen molar-refractivity contribution >= 4 is 17.6 Å². The topological polar surface area (TPSA) is 91.4 Å². The van der Waals surface area contributed by atoms with Crippen LogP contribution in [0.2, 0.25) is 0 Å². The van der Waals surface area contributed by atoms with Gasteiger partial charge in [0.25, 0.3) is 5.91 Å². The number of guanidine groups is 1. The van der Waals surface area contributed by atoms with Crippen LogP contribution in [-0.4, -0.2) is 25.0 Å². The quantitative estimate of drug-likeness (QED) is 0.406. The minimum Gasteiger partial charge on any atom is -0.474 e. The molecule has 0 aliphatic carbocycles. The average molecular weight is 352 g/mol. The Morgan fingerprint density at radius 3 is 2.58 bits per heavy atom. The minimum atomic E-state index is -0.606. The zero-order valence-corrected chi connectivity index (χ0v) is 14.7. The molecule has 0 fully saturated rings. The number of unbranched alkanes of at least 4 members (excludes halogenated alkanes) is 2. The Bertz CT molecular complexity index is 763. The van der Waals surface area contributed by atoms with Gasteiger partial charge in [-0.25, -0.2) is 0 Å². The highest BCUT2D eigenvalue weighted by Gasteiger charge is 2.34. The van der Waals surface area contributed by atoms with Crippen molar-refractivity contribution in [3.8, 4) is 5.75 Å². The van der Waals surface area contributed by atoms with E-state index in [0.29, 0.717) is 13.1 Å². The van der Waals surface area contributed by atoms with Crippen LogP contribution in [0, 0.1) is 5.41 Å². The van der Waals surface area contributed by atoms with E-state index in [-0.39, 0.29) is 11.9 Å². The van der Waals surface area contributed by atoms with Gasteiger partial charge in [-0.3, -0.25) is 10.2 Å². The van der Waals surface area contributed by atoms with E-state index in [9.17, 15) is 4.79 Å². The molecule has 0 aromatic heterocycles. The van der Waals surface area contributed by atoms with E-state index in [0.717, 1.165) is 36.3 Å². The average Bonchev–Trinajstić information content (AvgIpc) is 2.66. The second-order valence-electron chi connectivity index (χ2n) is 6.27. The number of para-hydroxylation sites is 2. The number of anilines is 1. The van der Waals surface area contributed by atoms with Crippen molar-refractivity contribution < 1.29 is 9.53 Å². The van der Waals surface area contributed by atoms with Crippen LogP contribution in [0.5, 0.6) is 5.75 Å². The van der Waals surface area contributed by atoms with Gasteiger partial charge in [0.1, 0.15) is 5.75 Å². The molecule has 6 nitrogen and oxygen atoms in total. The molecule has 1 aliphatic heterocycles. The normalized spacial score (nSPS) is 15.9. The van der Waals surface area contributed by atoms with Gasteiger partial charge < -0.3 is 20.7 Å². The molecule has 1 unspecified atom stereocenters. The Balaban J connectivity index is 1.68. The van der Waals surface area contributed by atoms with Crippen LogP contribution < -0.4 is 20.7 Å². The summed E-state index contributed by atoms with van der Waals surface area (Å²) in [5.41, 5.74) is 6.96. The summed E-state index contributed by atoms with van der Waals surface area (Å²) in [7, 11) is 0. The number of rotatable bonds is 7. The number of nitrogens with zero attached hydrogens (tertiary/aromatic N) is 1. The van der Waals surface area contributed by atoms with Crippen LogP contribution in [0.15, 0.2) is 54.6 Å². The molecule has 6 heteroatoms. The number of ether oxygens (including phenoxy) is 1. The number of nitrogens with one attached hydrogen (secondary N) is 2. The number of hydrogen-bond donors (Lipinski definition) is 3. The molecule has 0 radical (unpaired) electrons. The molecule has 3 rings (SSSR count). The summed E-state index contributed by atoms with van der Waals surface area (Å²) in [6.45, 7) is 1.32. The van der Waals surface area contributed by atoms with Gasteiger partial charge in [-0.2, -0.15) is 0 Å². The molecule has 1 aliphatic rings. The molecular formula is C20H24N4O2. The zero-order valence-electron chi connectivity index (χ0n) is 14.7. The number of carbonyl (C=O) groups is 1. The van der Waals surface area contributed by atoms with E-state index in [4.69, 9.17) is 15.9 Å². The molecule has 0 bridgehead atoms. The van der Waals surface area contributed by atoms with Gasteiger partial charge in [0.05, 0.1) is 5.69 Å². The Morgan fingerprint density at radius 1 is 1.08 bits per heavy atom. The van der Waals surface area contributed by atoms with Crippen LogP contribution >= 0.6 is 0 Å². The Kier molecular flexibility index (Phi) is 5.73. The van der Waals surface area contributed by atoms with E-state index in [1.54, 1.807) is 0 Å². The lowest BCUT2D eigenvalue weighted by Gasteiger charge is -2.34. The fraction of sp³-hybridized carbons (Fsp3) is 0.300. The molecule has 1 heterocycles. The number of benzene rings is 2. The highest BCUT2D eigenvalue weighted by molar-refractivity contribution is 6.00. The van der Waals surface area contributed by atoms with Crippen molar-refractivity contribution in [2.75, 3.05) is 18.0 Å². The number of carbonyl (C=O) groups excluding carboxylic acids is 1. The second-order valence-corrected chi connectivity index (χ2v) is 6.27. The molecule has 1 amide bonds. The summed E-state index contributed by atoms with van der Waals surface area (Å²) in [5, 5.41) is 9.94. The summed E-state index contributed by atoms with van der Waals surface area (Å²) >= 11 is 0. The first-order valence-corrected chi connectivity index (χ1v) is 8.87. The van der Waals surface area contributed by atoms with Gasteiger partial charge in [-0.05, 0) is 31.4 Å².